The van der Waals surface area contributed by atoms with Crippen LogP contribution in [0.5, 0.6) is 11.5 Å². The monoisotopic (exact) mass is 206 g/mol. The third-order valence-corrected chi connectivity index (χ3v) is 2.61. The van der Waals surface area contributed by atoms with E-state index >= 15 is 0 Å². The molecule has 2 rings (SSSR count). The molecule has 0 aliphatic heterocycles. The lowest BCUT2D eigenvalue weighted by Crippen LogP contribution is -2.06. The molecule has 1 N–H and O–H groups in total. The Kier molecular flexibility index (Phi) is 2.85. The molecular formula is C13H18O2. The second-order valence-corrected chi connectivity index (χ2v) is 4.62. The summed E-state index contributed by atoms with van der Waals surface area (Å²) in [7, 11) is 0. The maximum Gasteiger partial charge on any atom is 0.161 e. The van der Waals surface area contributed by atoms with E-state index in [9.17, 15) is 5.11 Å². The number of ether oxygens (including phenoxy) is 1. The zero-order valence-electron chi connectivity index (χ0n) is 9.36. The number of hydrogen-bond acceptors (Lipinski definition) is 2. The van der Waals surface area contributed by atoms with Crippen molar-refractivity contribution < 1.29 is 9.84 Å². The van der Waals surface area contributed by atoms with Crippen LogP contribution in [0.15, 0.2) is 18.2 Å². The first-order chi connectivity index (χ1) is 7.15. The lowest BCUT2D eigenvalue weighted by molar-refractivity contribution is 0.231. The minimum absolute atomic E-state index is 0.104. The molecule has 0 amide bonds. The van der Waals surface area contributed by atoms with Crippen LogP contribution in [0.4, 0.5) is 0 Å². The quantitative estimate of drug-likeness (QED) is 0.820. The van der Waals surface area contributed by atoms with E-state index in [1.165, 1.54) is 18.4 Å². The first kappa shape index (κ1) is 10.3. The summed E-state index contributed by atoms with van der Waals surface area (Å²) in [6.07, 6.45) is 3.92. The van der Waals surface area contributed by atoms with E-state index < -0.39 is 0 Å². The summed E-state index contributed by atoms with van der Waals surface area (Å²) in [6.45, 7) is 3.93. The van der Waals surface area contributed by atoms with Crippen molar-refractivity contribution in [1.82, 2.24) is 0 Å². The zero-order chi connectivity index (χ0) is 10.8. The van der Waals surface area contributed by atoms with Crippen molar-refractivity contribution in [2.24, 2.45) is 5.92 Å². The third-order valence-electron chi connectivity index (χ3n) is 2.61. The fraction of sp³-hybridized carbons (Fsp3) is 0.538. The SMILES string of the molecule is CC(C)Oc1cc(CC2CC2)ccc1O. The standard InChI is InChI=1S/C13H18O2/c1-9(2)15-13-8-11(5-6-12(13)14)7-10-3-4-10/h5-6,8-10,14H,3-4,7H2,1-2H3. The van der Waals surface area contributed by atoms with E-state index in [1.807, 2.05) is 26.0 Å². The highest BCUT2D eigenvalue weighted by Crippen LogP contribution is 2.35. The van der Waals surface area contributed by atoms with Crippen molar-refractivity contribution in [3.63, 3.8) is 0 Å². The molecule has 1 aromatic carbocycles. The molecule has 15 heavy (non-hydrogen) atoms. The molecule has 1 fully saturated rings. The van der Waals surface area contributed by atoms with E-state index in [0.717, 1.165) is 12.3 Å². The van der Waals surface area contributed by atoms with Gasteiger partial charge in [-0.15, -0.1) is 0 Å². The van der Waals surface area contributed by atoms with E-state index in [2.05, 4.69) is 0 Å². The van der Waals surface area contributed by atoms with Gasteiger partial charge in [-0.25, -0.2) is 0 Å². The van der Waals surface area contributed by atoms with Gasteiger partial charge in [0, 0.05) is 0 Å². The Balaban J connectivity index is 2.11. The average molecular weight is 206 g/mol. The van der Waals surface area contributed by atoms with Gasteiger partial charge in [0.1, 0.15) is 0 Å². The minimum atomic E-state index is 0.104. The van der Waals surface area contributed by atoms with Crippen molar-refractivity contribution in [3.8, 4) is 11.5 Å². The number of aromatic hydroxyl groups is 1. The Morgan fingerprint density at radius 2 is 2.13 bits per heavy atom. The molecule has 0 unspecified atom stereocenters. The molecule has 0 radical (unpaired) electrons. The largest absolute Gasteiger partial charge is 0.504 e. The van der Waals surface area contributed by atoms with Gasteiger partial charge in [0.2, 0.25) is 0 Å². The lowest BCUT2D eigenvalue weighted by Gasteiger charge is -2.12. The highest BCUT2D eigenvalue weighted by Gasteiger charge is 2.21. The number of benzene rings is 1. The van der Waals surface area contributed by atoms with Crippen molar-refractivity contribution in [3.05, 3.63) is 23.8 Å². The molecule has 1 aliphatic rings. The number of phenolic OH excluding ortho intramolecular Hbond substituents is 1. The smallest absolute Gasteiger partial charge is 0.161 e. The molecule has 0 atom stereocenters. The van der Waals surface area contributed by atoms with Crippen LogP contribution in [0, 0.1) is 5.92 Å². The topological polar surface area (TPSA) is 29.5 Å². The summed E-state index contributed by atoms with van der Waals surface area (Å²) in [5.74, 6) is 1.72. The number of rotatable bonds is 4. The van der Waals surface area contributed by atoms with E-state index in [1.54, 1.807) is 6.07 Å². The first-order valence-corrected chi connectivity index (χ1v) is 5.63. The van der Waals surface area contributed by atoms with Crippen LogP contribution in [0.3, 0.4) is 0 Å². The van der Waals surface area contributed by atoms with Crippen molar-refractivity contribution in [2.45, 2.75) is 39.2 Å². The lowest BCUT2D eigenvalue weighted by atomic mass is 10.1. The highest BCUT2D eigenvalue weighted by atomic mass is 16.5. The molecule has 2 nitrogen and oxygen atoms in total. The summed E-state index contributed by atoms with van der Waals surface area (Å²) >= 11 is 0. The van der Waals surface area contributed by atoms with Gasteiger partial charge in [0.25, 0.3) is 0 Å². The molecule has 0 bridgehead atoms. The van der Waals surface area contributed by atoms with Gasteiger partial charge < -0.3 is 9.84 Å². The molecule has 0 saturated heterocycles. The minimum Gasteiger partial charge on any atom is -0.504 e. The Morgan fingerprint density at radius 3 is 2.73 bits per heavy atom. The van der Waals surface area contributed by atoms with Gasteiger partial charge in [-0.2, -0.15) is 0 Å². The maximum absolute atomic E-state index is 9.61. The molecule has 1 aromatic rings. The third kappa shape index (κ3) is 2.88. The Morgan fingerprint density at radius 1 is 1.40 bits per heavy atom. The Hall–Kier alpha value is -1.18. The second kappa shape index (κ2) is 4.13. The Bertz CT molecular complexity index is 340. The van der Waals surface area contributed by atoms with Crippen LogP contribution in [0.2, 0.25) is 0 Å². The van der Waals surface area contributed by atoms with E-state index in [4.69, 9.17) is 4.74 Å². The van der Waals surface area contributed by atoms with Crippen LogP contribution in [0.25, 0.3) is 0 Å². The van der Waals surface area contributed by atoms with Gasteiger partial charge in [0.15, 0.2) is 11.5 Å². The highest BCUT2D eigenvalue weighted by molar-refractivity contribution is 5.42. The number of phenols is 1. The zero-order valence-corrected chi connectivity index (χ0v) is 9.36. The molecule has 0 spiro atoms. The van der Waals surface area contributed by atoms with Crippen LogP contribution >= 0.6 is 0 Å². The van der Waals surface area contributed by atoms with Crippen LogP contribution in [-0.2, 0) is 6.42 Å². The molecule has 2 heteroatoms. The van der Waals surface area contributed by atoms with Crippen molar-refractivity contribution in [2.75, 3.05) is 0 Å². The summed E-state index contributed by atoms with van der Waals surface area (Å²) in [5, 5.41) is 9.61. The van der Waals surface area contributed by atoms with Gasteiger partial charge in [-0.05, 0) is 56.7 Å². The molecular weight excluding hydrogens is 188 g/mol. The molecule has 0 heterocycles. The van der Waals surface area contributed by atoms with E-state index in [0.29, 0.717) is 5.75 Å². The summed E-state index contributed by atoms with van der Waals surface area (Å²) in [6, 6.07) is 5.68. The maximum atomic E-state index is 9.61. The van der Waals surface area contributed by atoms with Gasteiger partial charge >= 0.3 is 0 Å². The first-order valence-electron chi connectivity index (χ1n) is 5.63. The predicted octanol–water partition coefficient (Wildman–Crippen LogP) is 3.13. The van der Waals surface area contributed by atoms with Gasteiger partial charge in [-0.1, -0.05) is 6.07 Å². The average Bonchev–Trinajstić information content (AvgIpc) is 2.94. The summed E-state index contributed by atoms with van der Waals surface area (Å²) in [5.41, 5.74) is 1.27. The predicted molar refractivity (Wildman–Crippen MR) is 60.3 cm³/mol. The van der Waals surface area contributed by atoms with Crippen LogP contribution in [0.1, 0.15) is 32.3 Å². The van der Waals surface area contributed by atoms with Crippen LogP contribution in [-0.4, -0.2) is 11.2 Å². The summed E-state index contributed by atoms with van der Waals surface area (Å²) in [4.78, 5) is 0. The Labute approximate surface area is 90.9 Å². The van der Waals surface area contributed by atoms with Crippen molar-refractivity contribution >= 4 is 0 Å². The molecule has 82 valence electrons. The molecule has 1 aliphatic carbocycles. The second-order valence-electron chi connectivity index (χ2n) is 4.62. The van der Waals surface area contributed by atoms with Crippen molar-refractivity contribution in [1.29, 1.82) is 0 Å². The molecule has 1 saturated carbocycles. The molecule has 0 aromatic heterocycles. The fourth-order valence-corrected chi connectivity index (χ4v) is 1.69. The van der Waals surface area contributed by atoms with Gasteiger partial charge in [0.05, 0.1) is 6.10 Å². The normalized spacial score (nSPS) is 15.7. The summed E-state index contributed by atoms with van der Waals surface area (Å²) < 4.78 is 5.54. The van der Waals surface area contributed by atoms with E-state index in [-0.39, 0.29) is 11.9 Å². The number of hydrogen-bond donors (Lipinski definition) is 1. The van der Waals surface area contributed by atoms with Crippen LogP contribution < -0.4 is 4.74 Å². The van der Waals surface area contributed by atoms with Gasteiger partial charge in [-0.3, -0.25) is 0 Å². The fourth-order valence-electron chi connectivity index (χ4n) is 1.69.